The third-order valence-electron chi connectivity index (χ3n) is 3.95. The van der Waals surface area contributed by atoms with Gasteiger partial charge >= 0.3 is 5.97 Å². The van der Waals surface area contributed by atoms with Gasteiger partial charge in [-0.25, -0.2) is 15.3 Å². The Kier molecular flexibility index (Phi) is 9.08. The Hall–Kier alpha value is -2.13. The van der Waals surface area contributed by atoms with Gasteiger partial charge in [0, 0.05) is 18.9 Å². The molecule has 0 aromatic carbocycles. The quantitative estimate of drug-likeness (QED) is 0.244. The van der Waals surface area contributed by atoms with Crippen molar-refractivity contribution in [3.63, 3.8) is 0 Å². The van der Waals surface area contributed by atoms with Crippen LogP contribution in [0.5, 0.6) is 0 Å². The fourth-order valence-electron chi connectivity index (χ4n) is 2.65. The van der Waals surface area contributed by atoms with E-state index in [1.807, 2.05) is 13.8 Å². The Morgan fingerprint density at radius 3 is 2.65 bits per heavy atom. The normalized spacial score (nSPS) is 24.4. The Labute approximate surface area is 154 Å². The molecule has 0 spiro atoms. The molecule has 0 aromatic heterocycles. The van der Waals surface area contributed by atoms with Crippen molar-refractivity contribution >= 4 is 17.8 Å². The van der Waals surface area contributed by atoms with Crippen molar-refractivity contribution in [2.75, 3.05) is 13.7 Å². The second kappa shape index (κ2) is 10.8. The average Bonchev–Trinajstić information content (AvgIpc) is 2.57. The minimum absolute atomic E-state index is 0.0419. The van der Waals surface area contributed by atoms with E-state index in [0.29, 0.717) is 5.57 Å². The van der Waals surface area contributed by atoms with Crippen LogP contribution in [0.15, 0.2) is 16.6 Å². The summed E-state index contributed by atoms with van der Waals surface area (Å²) in [5, 5.41) is 2.86. The van der Waals surface area contributed by atoms with Gasteiger partial charge in [-0.05, 0) is 26.3 Å². The number of rotatable bonds is 8. The summed E-state index contributed by atoms with van der Waals surface area (Å²) < 4.78 is 11.1. The fourth-order valence-corrected chi connectivity index (χ4v) is 2.65. The van der Waals surface area contributed by atoms with E-state index in [1.54, 1.807) is 13.0 Å². The number of nitrogens with one attached hydrogen (secondary N) is 2. The summed E-state index contributed by atoms with van der Waals surface area (Å²) in [4.78, 5) is 33.0. The highest BCUT2D eigenvalue weighted by atomic mass is 16.6. The van der Waals surface area contributed by atoms with Gasteiger partial charge in [-0.1, -0.05) is 6.92 Å². The maximum Gasteiger partial charge on any atom is 0.333 e. The van der Waals surface area contributed by atoms with E-state index in [1.165, 1.54) is 14.0 Å². The number of esters is 1. The third kappa shape index (κ3) is 6.64. The van der Waals surface area contributed by atoms with Gasteiger partial charge in [0.1, 0.15) is 0 Å². The summed E-state index contributed by atoms with van der Waals surface area (Å²) in [5.41, 5.74) is 8.67. The number of hydrogen-bond donors (Lipinski definition) is 3. The molecule has 148 valence electrons. The third-order valence-corrected chi connectivity index (χ3v) is 3.95. The number of amides is 1. The van der Waals surface area contributed by atoms with Gasteiger partial charge < -0.3 is 20.5 Å². The molecule has 0 heterocycles. The van der Waals surface area contributed by atoms with Crippen molar-refractivity contribution in [3.05, 3.63) is 11.6 Å². The van der Waals surface area contributed by atoms with Gasteiger partial charge in [0.15, 0.2) is 0 Å². The summed E-state index contributed by atoms with van der Waals surface area (Å²) in [6.45, 7) is 7.35. The molecule has 1 aliphatic carbocycles. The van der Waals surface area contributed by atoms with Crippen LogP contribution in [0.25, 0.3) is 0 Å². The van der Waals surface area contributed by atoms with Crippen molar-refractivity contribution in [2.24, 2.45) is 10.7 Å². The fraction of sp³-hybridized carbons (Fsp3) is 0.706. The molecule has 1 aliphatic rings. The lowest BCUT2D eigenvalue weighted by molar-refractivity contribution is -0.139. The van der Waals surface area contributed by atoms with Crippen molar-refractivity contribution in [1.82, 2.24) is 10.8 Å². The monoisotopic (exact) mass is 370 g/mol. The largest absolute Gasteiger partial charge is 0.463 e. The number of nitrogens with zero attached hydrogens (tertiary/aromatic N) is 1. The first-order chi connectivity index (χ1) is 12.3. The molecule has 0 aromatic rings. The van der Waals surface area contributed by atoms with E-state index >= 15 is 0 Å². The number of carbonyl (C=O) groups excluding carboxylic acids is 2. The van der Waals surface area contributed by atoms with Crippen LogP contribution >= 0.6 is 0 Å². The van der Waals surface area contributed by atoms with E-state index in [2.05, 4.69) is 15.8 Å². The number of guanidine groups is 1. The standard InChI is InChI=1S/C17H30N4O5/c1-6-10(3)26-14-9-12(16(23)25-7-2)8-13(15(14)19-11(4)22)20-17(18)21-24-5/h9-10,13-15H,6-8H2,1-5H3,(H,19,22)(H3,18,20,21). The van der Waals surface area contributed by atoms with Crippen LogP contribution in [0.3, 0.4) is 0 Å². The van der Waals surface area contributed by atoms with Gasteiger partial charge in [-0.3, -0.25) is 9.63 Å². The zero-order chi connectivity index (χ0) is 19.7. The van der Waals surface area contributed by atoms with Gasteiger partial charge in [-0.2, -0.15) is 0 Å². The van der Waals surface area contributed by atoms with Crippen LogP contribution in [-0.2, 0) is 23.9 Å². The smallest absolute Gasteiger partial charge is 0.333 e. The molecule has 0 saturated carbocycles. The second-order valence-corrected chi connectivity index (χ2v) is 6.05. The predicted molar refractivity (Wildman–Crippen MR) is 97.1 cm³/mol. The highest BCUT2D eigenvalue weighted by molar-refractivity contribution is 5.89. The molecule has 0 aliphatic heterocycles. The molecule has 0 bridgehead atoms. The van der Waals surface area contributed by atoms with Crippen LogP contribution in [-0.4, -0.2) is 55.8 Å². The summed E-state index contributed by atoms with van der Waals surface area (Å²) in [6.07, 6.45) is 2.15. The SMILES string of the molecule is CCOC(=O)C1=CC(OC(C)CC)C(NC(C)=O)C(N=C(N)NOC)C1. The van der Waals surface area contributed by atoms with Crippen LogP contribution < -0.4 is 16.5 Å². The minimum Gasteiger partial charge on any atom is -0.463 e. The molecule has 4 N–H and O–H groups in total. The van der Waals surface area contributed by atoms with Gasteiger partial charge in [0.25, 0.3) is 0 Å². The van der Waals surface area contributed by atoms with Crippen LogP contribution in [0, 0.1) is 0 Å². The topological polar surface area (TPSA) is 124 Å². The Balaban J connectivity index is 3.22. The molecular weight excluding hydrogens is 340 g/mol. The summed E-state index contributed by atoms with van der Waals surface area (Å²) in [5.74, 6) is -0.607. The highest BCUT2D eigenvalue weighted by Gasteiger charge is 2.37. The molecule has 9 nitrogen and oxygen atoms in total. The van der Waals surface area contributed by atoms with Crippen molar-refractivity contribution in [2.45, 2.75) is 64.8 Å². The van der Waals surface area contributed by atoms with Crippen molar-refractivity contribution in [3.8, 4) is 0 Å². The van der Waals surface area contributed by atoms with E-state index in [4.69, 9.17) is 20.0 Å². The zero-order valence-electron chi connectivity index (χ0n) is 16.1. The average molecular weight is 370 g/mol. The Morgan fingerprint density at radius 2 is 2.12 bits per heavy atom. The zero-order valence-corrected chi connectivity index (χ0v) is 16.1. The molecule has 1 amide bonds. The lowest BCUT2D eigenvalue weighted by Gasteiger charge is -2.36. The first kappa shape index (κ1) is 21.9. The van der Waals surface area contributed by atoms with Crippen LogP contribution in [0.1, 0.15) is 40.5 Å². The van der Waals surface area contributed by atoms with Crippen LogP contribution in [0.4, 0.5) is 0 Å². The molecule has 0 saturated heterocycles. The lowest BCUT2D eigenvalue weighted by atomic mass is 9.88. The molecule has 4 atom stereocenters. The summed E-state index contributed by atoms with van der Waals surface area (Å²) >= 11 is 0. The molecule has 0 fully saturated rings. The van der Waals surface area contributed by atoms with E-state index in [0.717, 1.165) is 6.42 Å². The van der Waals surface area contributed by atoms with Crippen molar-refractivity contribution < 1.29 is 23.9 Å². The van der Waals surface area contributed by atoms with Crippen LogP contribution in [0.2, 0.25) is 0 Å². The molecule has 26 heavy (non-hydrogen) atoms. The lowest BCUT2D eigenvalue weighted by Crippen LogP contribution is -2.54. The number of aliphatic imine (C=N–C) groups is 1. The van der Waals surface area contributed by atoms with Gasteiger partial charge in [0.05, 0.1) is 38.0 Å². The predicted octanol–water partition coefficient (Wildman–Crippen LogP) is 0.402. The summed E-state index contributed by atoms with van der Waals surface area (Å²) in [7, 11) is 1.41. The Morgan fingerprint density at radius 1 is 1.42 bits per heavy atom. The highest BCUT2D eigenvalue weighted by Crippen LogP contribution is 2.26. The maximum absolute atomic E-state index is 12.2. The van der Waals surface area contributed by atoms with E-state index < -0.39 is 24.2 Å². The van der Waals surface area contributed by atoms with E-state index in [9.17, 15) is 9.59 Å². The first-order valence-electron chi connectivity index (χ1n) is 8.74. The number of carbonyl (C=O) groups is 2. The molecule has 0 radical (unpaired) electrons. The molecule has 4 unspecified atom stereocenters. The summed E-state index contributed by atoms with van der Waals surface area (Å²) in [6, 6.07) is -0.989. The molecule has 9 heteroatoms. The first-order valence-corrected chi connectivity index (χ1v) is 8.74. The van der Waals surface area contributed by atoms with Gasteiger partial charge in [-0.15, -0.1) is 0 Å². The second-order valence-electron chi connectivity index (χ2n) is 6.05. The number of hydroxylamine groups is 1. The number of ether oxygens (including phenoxy) is 2. The number of hydrogen-bond acceptors (Lipinski definition) is 6. The minimum atomic E-state index is -0.536. The van der Waals surface area contributed by atoms with Gasteiger partial charge in [0.2, 0.25) is 11.9 Å². The number of nitrogens with two attached hydrogens (primary N) is 1. The van der Waals surface area contributed by atoms with E-state index in [-0.39, 0.29) is 31.0 Å². The van der Waals surface area contributed by atoms with Crippen molar-refractivity contribution in [1.29, 1.82) is 0 Å². The Bertz CT molecular complexity index is 549. The molecular formula is C17H30N4O5. The maximum atomic E-state index is 12.2. The molecule has 1 rings (SSSR count).